The van der Waals surface area contributed by atoms with Gasteiger partial charge in [0.25, 0.3) is 3.79 Å². The molecule has 6 heteroatoms. The second-order valence-electron chi connectivity index (χ2n) is 4.69. The van der Waals surface area contributed by atoms with Crippen LogP contribution in [0.3, 0.4) is 0 Å². The van der Waals surface area contributed by atoms with Gasteiger partial charge < -0.3 is 4.57 Å². The van der Waals surface area contributed by atoms with Crippen LogP contribution in [-0.2, 0) is 7.05 Å². The lowest BCUT2D eigenvalue weighted by Crippen LogP contribution is -2.21. The van der Waals surface area contributed by atoms with Gasteiger partial charge in [0.1, 0.15) is 0 Å². The van der Waals surface area contributed by atoms with Crippen LogP contribution in [0.1, 0.15) is 47.5 Å². The summed E-state index contributed by atoms with van der Waals surface area (Å²) in [6, 6.07) is 1.48. The molecular weight excluding hydrogens is 309 g/mol. The van der Waals surface area contributed by atoms with Gasteiger partial charge in [-0.05, 0) is 12.0 Å². The molecule has 0 aliphatic heterocycles. The average Bonchev–Trinajstić information content (AvgIpc) is 2.68. The number of aromatic nitrogens is 1. The smallest absolute Gasteiger partial charge is 0.255 e. The lowest BCUT2D eigenvalue weighted by atomic mass is 9.99. The second kappa shape index (κ2) is 6.29. The summed E-state index contributed by atoms with van der Waals surface area (Å²) in [7, 11) is 1.64. The van der Waals surface area contributed by atoms with Crippen LogP contribution in [0.25, 0.3) is 0 Å². The van der Waals surface area contributed by atoms with Gasteiger partial charge in [-0.1, -0.05) is 55.1 Å². The molecule has 1 aromatic heterocycles. The predicted octanol–water partition coefficient (Wildman–Crippen LogP) is 4.20. The molecule has 0 aliphatic rings. The van der Waals surface area contributed by atoms with Crippen LogP contribution in [0.15, 0.2) is 12.3 Å². The number of Topliss-reactive ketones (excluding diaryl/α,β-unsaturated/α-hetero) is 2. The van der Waals surface area contributed by atoms with Crippen LogP contribution in [0, 0.1) is 5.92 Å². The van der Waals surface area contributed by atoms with Gasteiger partial charge in [0.2, 0.25) is 5.78 Å². The van der Waals surface area contributed by atoms with Crippen molar-refractivity contribution in [2.24, 2.45) is 13.0 Å². The largest absolute Gasteiger partial charge is 0.347 e. The third-order valence-corrected chi connectivity index (χ3v) is 3.56. The Morgan fingerprint density at radius 1 is 1.37 bits per heavy atom. The summed E-state index contributed by atoms with van der Waals surface area (Å²) in [5, 5.41) is 0. The van der Waals surface area contributed by atoms with Gasteiger partial charge in [-0.25, -0.2) is 0 Å². The number of rotatable bonds is 5. The van der Waals surface area contributed by atoms with Gasteiger partial charge in [0, 0.05) is 25.2 Å². The number of halogens is 3. The first kappa shape index (κ1) is 16.5. The van der Waals surface area contributed by atoms with E-state index in [1.165, 1.54) is 10.6 Å². The van der Waals surface area contributed by atoms with Crippen molar-refractivity contribution in [2.45, 2.75) is 30.5 Å². The topological polar surface area (TPSA) is 39.1 Å². The number of hydrogen-bond acceptors (Lipinski definition) is 2. The Morgan fingerprint density at radius 2 is 1.95 bits per heavy atom. The second-order valence-corrected chi connectivity index (χ2v) is 6.97. The zero-order valence-electron chi connectivity index (χ0n) is 11.0. The minimum Gasteiger partial charge on any atom is -0.347 e. The van der Waals surface area contributed by atoms with E-state index in [1.54, 1.807) is 13.2 Å². The predicted molar refractivity (Wildman–Crippen MR) is 78.4 cm³/mol. The monoisotopic (exact) mass is 323 g/mol. The number of carbonyl (C=O) groups is 2. The summed E-state index contributed by atoms with van der Waals surface area (Å²) >= 11 is 16.7. The molecule has 1 aromatic rings. The first-order chi connectivity index (χ1) is 8.66. The van der Waals surface area contributed by atoms with Crippen molar-refractivity contribution in [2.75, 3.05) is 0 Å². The number of nitrogens with zero attached hydrogens (tertiary/aromatic N) is 1. The molecule has 1 atom stereocenters. The van der Waals surface area contributed by atoms with Gasteiger partial charge in [-0.3, -0.25) is 9.59 Å². The maximum absolute atomic E-state index is 12.0. The minimum atomic E-state index is -2.01. The van der Waals surface area contributed by atoms with E-state index < -0.39 is 9.58 Å². The van der Waals surface area contributed by atoms with E-state index in [0.29, 0.717) is 17.9 Å². The number of alkyl halides is 3. The molecular formula is C13H16Cl3NO2. The van der Waals surface area contributed by atoms with Crippen molar-refractivity contribution >= 4 is 46.4 Å². The Kier molecular flexibility index (Phi) is 5.48. The van der Waals surface area contributed by atoms with Gasteiger partial charge in [-0.15, -0.1) is 0 Å². The molecule has 0 aromatic carbocycles. The first-order valence-corrected chi connectivity index (χ1v) is 7.11. The van der Waals surface area contributed by atoms with E-state index in [0.717, 1.165) is 6.42 Å². The van der Waals surface area contributed by atoms with Crippen LogP contribution < -0.4 is 0 Å². The highest BCUT2D eigenvalue weighted by Gasteiger charge is 2.34. The molecule has 0 fully saturated rings. The fraction of sp³-hybridized carbons (Fsp3) is 0.538. The summed E-state index contributed by atoms with van der Waals surface area (Å²) in [6.07, 6.45) is 2.97. The van der Waals surface area contributed by atoms with Crippen LogP contribution >= 0.6 is 34.8 Å². The number of ketones is 2. The summed E-state index contributed by atoms with van der Waals surface area (Å²) in [5.74, 6) is -0.337. The Morgan fingerprint density at radius 3 is 2.42 bits per heavy atom. The number of aryl methyl sites for hydroxylation is 1. The molecule has 0 radical (unpaired) electrons. The van der Waals surface area contributed by atoms with E-state index in [4.69, 9.17) is 34.8 Å². The van der Waals surface area contributed by atoms with E-state index in [-0.39, 0.29) is 11.5 Å². The van der Waals surface area contributed by atoms with Gasteiger partial charge >= 0.3 is 0 Å². The Balaban J connectivity index is 2.97. The molecule has 106 valence electrons. The quantitative estimate of drug-likeness (QED) is 0.601. The molecule has 0 amide bonds. The van der Waals surface area contributed by atoms with E-state index >= 15 is 0 Å². The third kappa shape index (κ3) is 4.23. The summed E-state index contributed by atoms with van der Waals surface area (Å²) in [5.41, 5.74) is 0.688. The van der Waals surface area contributed by atoms with E-state index in [1.807, 2.05) is 13.8 Å². The zero-order chi connectivity index (χ0) is 14.8. The molecule has 19 heavy (non-hydrogen) atoms. The lowest BCUT2D eigenvalue weighted by molar-refractivity contribution is 0.0963. The number of carbonyl (C=O) groups excluding carboxylic acids is 2. The van der Waals surface area contributed by atoms with Crippen molar-refractivity contribution in [3.05, 3.63) is 23.5 Å². The fourth-order valence-electron chi connectivity index (χ4n) is 1.67. The highest BCUT2D eigenvalue weighted by atomic mass is 35.6. The number of hydrogen-bond donors (Lipinski definition) is 0. The highest BCUT2D eigenvalue weighted by Crippen LogP contribution is 2.31. The molecule has 0 aliphatic carbocycles. The molecule has 1 unspecified atom stereocenters. The summed E-state index contributed by atoms with van der Waals surface area (Å²) in [4.78, 5) is 23.9. The molecule has 3 nitrogen and oxygen atoms in total. The SMILES string of the molecule is CCC(C)CC(=O)c1cc(C(=O)C(Cl)(Cl)Cl)n(C)c1. The highest BCUT2D eigenvalue weighted by molar-refractivity contribution is 6.77. The first-order valence-electron chi connectivity index (χ1n) is 5.97. The van der Waals surface area contributed by atoms with Gasteiger partial charge in [-0.2, -0.15) is 0 Å². The molecule has 1 rings (SSSR count). The van der Waals surface area contributed by atoms with Crippen molar-refractivity contribution < 1.29 is 9.59 Å². The molecule has 0 saturated carbocycles. The van der Waals surface area contributed by atoms with E-state index in [9.17, 15) is 9.59 Å². The van der Waals surface area contributed by atoms with Crippen LogP contribution in [0.4, 0.5) is 0 Å². The van der Waals surface area contributed by atoms with Gasteiger partial charge in [0.15, 0.2) is 5.78 Å². The normalized spacial score (nSPS) is 13.4. The zero-order valence-corrected chi connectivity index (χ0v) is 13.3. The van der Waals surface area contributed by atoms with Crippen molar-refractivity contribution in [3.63, 3.8) is 0 Å². The minimum absolute atomic E-state index is 0.00619. The molecule has 0 N–H and O–H groups in total. The van der Waals surface area contributed by atoms with Gasteiger partial charge in [0.05, 0.1) is 5.69 Å². The summed E-state index contributed by atoms with van der Waals surface area (Å²) < 4.78 is -0.503. The van der Waals surface area contributed by atoms with Crippen molar-refractivity contribution in [1.29, 1.82) is 0 Å². The van der Waals surface area contributed by atoms with Crippen molar-refractivity contribution in [1.82, 2.24) is 4.57 Å². The maximum Gasteiger partial charge on any atom is 0.255 e. The lowest BCUT2D eigenvalue weighted by Gasteiger charge is -2.09. The molecule has 1 heterocycles. The fourth-order valence-corrected chi connectivity index (χ4v) is 1.96. The molecule has 0 bridgehead atoms. The maximum atomic E-state index is 12.0. The Bertz CT molecular complexity index is 489. The van der Waals surface area contributed by atoms with Crippen LogP contribution in [0.2, 0.25) is 0 Å². The third-order valence-electron chi connectivity index (χ3n) is 3.05. The molecule has 0 spiro atoms. The average molecular weight is 325 g/mol. The Hall–Kier alpha value is -0.510. The molecule has 0 saturated heterocycles. The van der Waals surface area contributed by atoms with Crippen LogP contribution in [-0.4, -0.2) is 19.9 Å². The Labute approximate surface area is 127 Å². The summed E-state index contributed by atoms with van der Waals surface area (Å²) in [6.45, 7) is 4.04. The van der Waals surface area contributed by atoms with E-state index in [2.05, 4.69) is 0 Å². The van der Waals surface area contributed by atoms with Crippen LogP contribution in [0.5, 0.6) is 0 Å². The van der Waals surface area contributed by atoms with Crippen molar-refractivity contribution in [3.8, 4) is 0 Å². The standard InChI is InChI=1S/C13H16Cl3NO2/c1-4-8(2)5-11(18)9-6-10(17(3)7-9)12(19)13(14,15)16/h6-8H,4-5H2,1-3H3.